The number of nitrogens with zero attached hydrogens (tertiary/aromatic N) is 2. The van der Waals surface area contributed by atoms with E-state index in [9.17, 15) is 9.59 Å². The van der Waals surface area contributed by atoms with Crippen molar-refractivity contribution in [1.29, 1.82) is 0 Å². The zero-order chi connectivity index (χ0) is 20.1. The summed E-state index contributed by atoms with van der Waals surface area (Å²) in [6.45, 7) is 8.86. The summed E-state index contributed by atoms with van der Waals surface area (Å²) in [5, 5.41) is 0. The van der Waals surface area contributed by atoms with E-state index in [4.69, 9.17) is 4.74 Å². The smallest absolute Gasteiger partial charge is 0.338 e. The summed E-state index contributed by atoms with van der Waals surface area (Å²) >= 11 is 0. The maximum Gasteiger partial charge on any atom is 0.338 e. The summed E-state index contributed by atoms with van der Waals surface area (Å²) in [6.07, 6.45) is 0.0234. The second kappa shape index (κ2) is 8.91. The first-order valence-corrected chi connectivity index (χ1v) is 9.95. The molecule has 0 saturated carbocycles. The van der Waals surface area contributed by atoms with Crippen LogP contribution in [0, 0.1) is 0 Å². The van der Waals surface area contributed by atoms with Crippen LogP contribution in [0.25, 0.3) is 0 Å². The number of rotatable bonds is 6. The van der Waals surface area contributed by atoms with Crippen molar-refractivity contribution in [3.8, 4) is 0 Å². The Morgan fingerprint density at radius 1 is 1.04 bits per heavy atom. The fourth-order valence-corrected chi connectivity index (χ4v) is 3.62. The summed E-state index contributed by atoms with van der Waals surface area (Å²) in [5.41, 5.74) is 3.97. The number of hydrogen-bond donors (Lipinski definition) is 0. The molecule has 5 heteroatoms. The van der Waals surface area contributed by atoms with Crippen molar-refractivity contribution in [3.05, 3.63) is 65.2 Å². The van der Waals surface area contributed by atoms with Crippen LogP contribution in [-0.4, -0.2) is 42.5 Å². The Hall–Kier alpha value is -2.82. The second-order valence-electron chi connectivity index (χ2n) is 7.05. The first-order chi connectivity index (χ1) is 13.5. The van der Waals surface area contributed by atoms with Crippen LogP contribution in [0.5, 0.6) is 0 Å². The van der Waals surface area contributed by atoms with Gasteiger partial charge >= 0.3 is 5.97 Å². The van der Waals surface area contributed by atoms with E-state index in [1.54, 1.807) is 24.0 Å². The predicted octanol–water partition coefficient (Wildman–Crippen LogP) is 3.66. The molecule has 0 saturated heterocycles. The molecule has 0 fully saturated rings. The number of esters is 1. The molecule has 2 aromatic carbocycles. The van der Waals surface area contributed by atoms with Gasteiger partial charge in [0.15, 0.2) is 6.10 Å². The maximum atomic E-state index is 12.7. The summed E-state index contributed by atoms with van der Waals surface area (Å²) in [7, 11) is 0. The normalized spacial score (nSPS) is 14.2. The molecule has 2 aromatic rings. The highest BCUT2D eigenvalue weighted by Crippen LogP contribution is 2.20. The van der Waals surface area contributed by atoms with Crippen LogP contribution in [0.1, 0.15) is 42.3 Å². The minimum absolute atomic E-state index is 0.150. The minimum Gasteiger partial charge on any atom is -0.449 e. The van der Waals surface area contributed by atoms with Crippen molar-refractivity contribution < 1.29 is 14.3 Å². The number of amides is 1. The molecule has 1 aliphatic heterocycles. The molecule has 5 nitrogen and oxygen atoms in total. The highest BCUT2D eigenvalue weighted by atomic mass is 16.5. The molecule has 148 valence electrons. The fraction of sp³-hybridized carbons (Fsp3) is 0.391. The largest absolute Gasteiger partial charge is 0.449 e. The Morgan fingerprint density at radius 3 is 2.32 bits per heavy atom. The van der Waals surface area contributed by atoms with Crippen LogP contribution in [0.2, 0.25) is 0 Å². The van der Waals surface area contributed by atoms with Crippen LogP contribution in [0.15, 0.2) is 48.5 Å². The van der Waals surface area contributed by atoms with Gasteiger partial charge in [-0.15, -0.1) is 0 Å². The fourth-order valence-electron chi connectivity index (χ4n) is 3.62. The van der Waals surface area contributed by atoms with Gasteiger partial charge in [0.1, 0.15) is 0 Å². The standard InChI is InChI=1S/C23H28N2O3/c1-4-24(5-2)21-12-10-19(11-13-21)23(27)28-17(3)22(26)25-15-14-18-8-6-7-9-20(18)16-25/h6-13,17H,4-5,14-16H2,1-3H3/t17-/m1/s1. The molecule has 0 spiro atoms. The third-order valence-electron chi connectivity index (χ3n) is 5.31. The molecule has 0 N–H and O–H groups in total. The van der Waals surface area contributed by atoms with Gasteiger partial charge in [-0.05, 0) is 62.6 Å². The molecule has 3 rings (SSSR count). The van der Waals surface area contributed by atoms with Crippen molar-refractivity contribution in [2.75, 3.05) is 24.5 Å². The van der Waals surface area contributed by atoms with Gasteiger partial charge in [0.05, 0.1) is 5.56 Å². The number of carbonyl (C=O) groups excluding carboxylic acids is 2. The Morgan fingerprint density at radius 2 is 1.68 bits per heavy atom. The molecular weight excluding hydrogens is 352 g/mol. The molecule has 0 aromatic heterocycles. The van der Waals surface area contributed by atoms with E-state index in [2.05, 4.69) is 24.8 Å². The van der Waals surface area contributed by atoms with Gasteiger partial charge in [-0.3, -0.25) is 4.79 Å². The van der Waals surface area contributed by atoms with Crippen LogP contribution < -0.4 is 4.90 Å². The molecular formula is C23H28N2O3. The molecule has 1 amide bonds. The van der Waals surface area contributed by atoms with Gasteiger partial charge in [-0.25, -0.2) is 4.79 Å². The Bertz CT molecular complexity index is 828. The van der Waals surface area contributed by atoms with E-state index in [0.29, 0.717) is 18.7 Å². The lowest BCUT2D eigenvalue weighted by atomic mass is 9.99. The van der Waals surface area contributed by atoms with E-state index in [-0.39, 0.29) is 5.91 Å². The second-order valence-corrected chi connectivity index (χ2v) is 7.05. The van der Waals surface area contributed by atoms with Gasteiger partial charge in [0.25, 0.3) is 5.91 Å². The number of carbonyl (C=O) groups is 2. The molecule has 28 heavy (non-hydrogen) atoms. The molecule has 0 radical (unpaired) electrons. The van der Waals surface area contributed by atoms with Gasteiger partial charge in [0, 0.05) is 31.9 Å². The van der Waals surface area contributed by atoms with Crippen LogP contribution >= 0.6 is 0 Å². The number of fused-ring (bicyclic) bond motifs is 1. The monoisotopic (exact) mass is 380 g/mol. The average Bonchev–Trinajstić information content (AvgIpc) is 2.74. The quantitative estimate of drug-likeness (QED) is 0.718. The molecule has 1 atom stereocenters. The average molecular weight is 380 g/mol. The number of benzene rings is 2. The van der Waals surface area contributed by atoms with E-state index < -0.39 is 12.1 Å². The van der Waals surface area contributed by atoms with Crippen molar-refractivity contribution in [2.45, 2.75) is 39.8 Å². The first kappa shape index (κ1) is 19.9. The van der Waals surface area contributed by atoms with Crippen LogP contribution in [0.4, 0.5) is 5.69 Å². The van der Waals surface area contributed by atoms with Crippen LogP contribution in [-0.2, 0) is 22.5 Å². The highest BCUT2D eigenvalue weighted by Gasteiger charge is 2.27. The third kappa shape index (κ3) is 4.35. The Labute approximate surface area is 166 Å². The Balaban J connectivity index is 1.60. The van der Waals surface area contributed by atoms with E-state index in [1.165, 1.54) is 5.56 Å². The lowest BCUT2D eigenvalue weighted by Gasteiger charge is -2.30. The molecule has 0 bridgehead atoms. The van der Waals surface area contributed by atoms with Gasteiger partial charge in [-0.2, -0.15) is 0 Å². The zero-order valence-electron chi connectivity index (χ0n) is 16.9. The van der Waals surface area contributed by atoms with Gasteiger partial charge < -0.3 is 14.5 Å². The number of anilines is 1. The van der Waals surface area contributed by atoms with Crippen molar-refractivity contribution >= 4 is 17.6 Å². The van der Waals surface area contributed by atoms with Gasteiger partial charge in [0.2, 0.25) is 0 Å². The SMILES string of the molecule is CCN(CC)c1ccc(C(=O)O[C@H](C)C(=O)N2CCc3ccccc3C2)cc1. The topological polar surface area (TPSA) is 49.9 Å². The third-order valence-corrected chi connectivity index (χ3v) is 5.31. The van der Waals surface area contributed by atoms with Crippen LogP contribution in [0.3, 0.4) is 0 Å². The number of ether oxygens (including phenoxy) is 1. The lowest BCUT2D eigenvalue weighted by Crippen LogP contribution is -2.42. The minimum atomic E-state index is -0.805. The van der Waals surface area contributed by atoms with E-state index >= 15 is 0 Å². The Kier molecular flexibility index (Phi) is 6.34. The van der Waals surface area contributed by atoms with Crippen molar-refractivity contribution in [2.24, 2.45) is 0 Å². The summed E-state index contributed by atoms with van der Waals surface area (Å²) in [4.78, 5) is 29.2. The van der Waals surface area contributed by atoms with Crippen molar-refractivity contribution in [1.82, 2.24) is 4.90 Å². The zero-order valence-corrected chi connectivity index (χ0v) is 16.9. The first-order valence-electron chi connectivity index (χ1n) is 9.95. The molecule has 0 aliphatic carbocycles. The predicted molar refractivity (Wildman–Crippen MR) is 110 cm³/mol. The lowest BCUT2D eigenvalue weighted by molar-refractivity contribution is -0.140. The van der Waals surface area contributed by atoms with Crippen molar-refractivity contribution in [3.63, 3.8) is 0 Å². The molecule has 1 heterocycles. The maximum absolute atomic E-state index is 12.7. The van der Waals surface area contributed by atoms with E-state index in [1.807, 2.05) is 30.3 Å². The molecule has 0 unspecified atom stereocenters. The highest BCUT2D eigenvalue weighted by molar-refractivity contribution is 5.92. The summed E-state index contributed by atoms with van der Waals surface area (Å²) < 4.78 is 5.45. The van der Waals surface area contributed by atoms with E-state index in [0.717, 1.165) is 30.8 Å². The summed E-state index contributed by atoms with van der Waals surface area (Å²) in [5.74, 6) is -0.619. The van der Waals surface area contributed by atoms with Gasteiger partial charge in [-0.1, -0.05) is 24.3 Å². The molecule has 1 aliphatic rings. The summed E-state index contributed by atoms with van der Waals surface area (Å²) in [6, 6.07) is 15.5. The number of hydrogen-bond acceptors (Lipinski definition) is 4.